The molecule has 0 saturated carbocycles. The number of hydrogen-bond acceptors (Lipinski definition) is 3. The normalized spacial score (nSPS) is 12.4. The molecule has 2 rings (SSSR count). The second kappa shape index (κ2) is 6.55. The molecule has 1 N–H and O–H groups in total. The van der Waals surface area contributed by atoms with Crippen LogP contribution in [0.3, 0.4) is 0 Å². The van der Waals surface area contributed by atoms with E-state index in [1.54, 1.807) is 11.3 Å². The molecule has 0 fully saturated rings. The van der Waals surface area contributed by atoms with Crippen LogP contribution in [0.5, 0.6) is 0 Å². The maximum atomic E-state index is 9.78. The van der Waals surface area contributed by atoms with Gasteiger partial charge in [0.2, 0.25) is 0 Å². The van der Waals surface area contributed by atoms with Crippen LogP contribution in [0.15, 0.2) is 39.5 Å². The van der Waals surface area contributed by atoms with E-state index >= 15 is 0 Å². The first-order valence-electron chi connectivity index (χ1n) is 6.32. The van der Waals surface area contributed by atoms with E-state index in [9.17, 15) is 5.11 Å². The number of benzene rings is 1. The van der Waals surface area contributed by atoms with Crippen LogP contribution in [0, 0.1) is 0 Å². The Hall–Kier alpha value is -0.840. The predicted molar refractivity (Wildman–Crippen MR) is 85.8 cm³/mol. The van der Waals surface area contributed by atoms with E-state index in [-0.39, 0.29) is 6.10 Å². The molecular weight excluding hydrogens is 322 g/mol. The van der Waals surface area contributed by atoms with Gasteiger partial charge < -0.3 is 10.0 Å². The van der Waals surface area contributed by atoms with Gasteiger partial charge in [-0.1, -0.05) is 19.1 Å². The van der Waals surface area contributed by atoms with Crippen molar-refractivity contribution >= 4 is 33.0 Å². The van der Waals surface area contributed by atoms with E-state index in [0.717, 1.165) is 28.0 Å². The van der Waals surface area contributed by atoms with Crippen LogP contribution in [-0.4, -0.2) is 12.2 Å². The van der Waals surface area contributed by atoms with Crippen LogP contribution in [0.25, 0.3) is 0 Å². The van der Waals surface area contributed by atoms with E-state index < -0.39 is 0 Å². The van der Waals surface area contributed by atoms with Crippen LogP contribution < -0.4 is 4.90 Å². The first-order chi connectivity index (χ1) is 9.10. The zero-order chi connectivity index (χ0) is 13.8. The molecule has 0 saturated heterocycles. The lowest BCUT2D eigenvalue weighted by Gasteiger charge is -2.19. The number of hydrogen-bond donors (Lipinski definition) is 1. The Morgan fingerprint density at radius 3 is 2.53 bits per heavy atom. The summed E-state index contributed by atoms with van der Waals surface area (Å²) in [5.41, 5.74) is 3.45. The standard InChI is InChI=1S/C15H18BrNOS/c1-3-14(18)12-4-6-13(7-5-12)17(2)9-11-8-15(16)19-10-11/h4-8,10,14,18H,3,9H2,1-2H3/t14-/m0/s1. The number of rotatable bonds is 5. The van der Waals surface area contributed by atoms with Gasteiger partial charge in [0.05, 0.1) is 9.89 Å². The zero-order valence-electron chi connectivity index (χ0n) is 11.1. The van der Waals surface area contributed by atoms with Crippen LogP contribution in [-0.2, 0) is 6.54 Å². The first kappa shape index (κ1) is 14.6. The Kier molecular flexibility index (Phi) is 5.02. The molecule has 0 spiro atoms. The lowest BCUT2D eigenvalue weighted by Crippen LogP contribution is -2.15. The zero-order valence-corrected chi connectivity index (χ0v) is 13.5. The summed E-state index contributed by atoms with van der Waals surface area (Å²) in [5.74, 6) is 0. The fourth-order valence-corrected chi connectivity index (χ4v) is 3.18. The maximum absolute atomic E-state index is 9.78. The van der Waals surface area contributed by atoms with Crippen LogP contribution in [0.4, 0.5) is 5.69 Å². The van der Waals surface area contributed by atoms with Crippen molar-refractivity contribution in [2.24, 2.45) is 0 Å². The minimum atomic E-state index is -0.354. The largest absolute Gasteiger partial charge is 0.388 e. The van der Waals surface area contributed by atoms with Gasteiger partial charge in [-0.15, -0.1) is 11.3 Å². The Bertz CT molecular complexity index is 523. The summed E-state index contributed by atoms with van der Waals surface area (Å²) in [4.78, 5) is 2.20. The van der Waals surface area contributed by atoms with Gasteiger partial charge in [-0.3, -0.25) is 0 Å². The molecule has 0 aliphatic carbocycles. The van der Waals surface area contributed by atoms with Crippen molar-refractivity contribution in [3.05, 3.63) is 50.6 Å². The van der Waals surface area contributed by atoms with Crippen molar-refractivity contribution in [1.82, 2.24) is 0 Å². The fraction of sp³-hybridized carbons (Fsp3) is 0.333. The van der Waals surface area contributed by atoms with Crippen molar-refractivity contribution in [2.75, 3.05) is 11.9 Å². The Morgan fingerprint density at radius 1 is 1.32 bits per heavy atom. The van der Waals surface area contributed by atoms with Crippen molar-refractivity contribution in [1.29, 1.82) is 0 Å². The summed E-state index contributed by atoms with van der Waals surface area (Å²) < 4.78 is 1.16. The molecule has 2 nitrogen and oxygen atoms in total. The highest BCUT2D eigenvalue weighted by Gasteiger charge is 2.07. The predicted octanol–water partition coefficient (Wildman–Crippen LogP) is 4.59. The highest BCUT2D eigenvalue weighted by molar-refractivity contribution is 9.11. The molecular formula is C15H18BrNOS. The first-order valence-corrected chi connectivity index (χ1v) is 7.99. The highest BCUT2D eigenvalue weighted by Crippen LogP contribution is 2.24. The van der Waals surface area contributed by atoms with Gasteiger partial charge in [0.15, 0.2) is 0 Å². The lowest BCUT2D eigenvalue weighted by atomic mass is 10.1. The average molecular weight is 340 g/mol. The Morgan fingerprint density at radius 2 is 2.00 bits per heavy atom. The van der Waals surface area contributed by atoms with E-state index in [2.05, 4.69) is 51.5 Å². The van der Waals surface area contributed by atoms with Gasteiger partial charge in [-0.2, -0.15) is 0 Å². The number of nitrogens with zero attached hydrogens (tertiary/aromatic N) is 1. The summed E-state index contributed by atoms with van der Waals surface area (Å²) in [6.45, 7) is 2.87. The van der Waals surface area contributed by atoms with E-state index in [1.807, 2.05) is 19.1 Å². The van der Waals surface area contributed by atoms with Crippen molar-refractivity contribution in [3.63, 3.8) is 0 Å². The number of aliphatic hydroxyl groups excluding tert-OH is 1. The molecule has 4 heteroatoms. The minimum Gasteiger partial charge on any atom is -0.388 e. The van der Waals surface area contributed by atoms with E-state index in [0.29, 0.717) is 0 Å². The summed E-state index contributed by atoms with van der Waals surface area (Å²) >= 11 is 5.19. The molecule has 0 amide bonds. The van der Waals surface area contributed by atoms with E-state index in [1.165, 1.54) is 5.56 Å². The highest BCUT2D eigenvalue weighted by atomic mass is 79.9. The molecule has 1 aromatic carbocycles. The molecule has 1 aromatic heterocycles. The van der Waals surface area contributed by atoms with Gasteiger partial charge in [0, 0.05) is 19.3 Å². The van der Waals surface area contributed by atoms with Gasteiger partial charge in [0.1, 0.15) is 0 Å². The lowest BCUT2D eigenvalue weighted by molar-refractivity contribution is 0.173. The maximum Gasteiger partial charge on any atom is 0.0787 e. The summed E-state index contributed by atoms with van der Waals surface area (Å²) in [5, 5.41) is 11.9. The van der Waals surface area contributed by atoms with Gasteiger partial charge in [-0.25, -0.2) is 0 Å². The van der Waals surface area contributed by atoms with Crippen molar-refractivity contribution in [3.8, 4) is 0 Å². The van der Waals surface area contributed by atoms with Gasteiger partial charge in [-0.05, 0) is 57.1 Å². The topological polar surface area (TPSA) is 23.5 Å². The van der Waals surface area contributed by atoms with Crippen LogP contribution in [0.2, 0.25) is 0 Å². The third kappa shape index (κ3) is 3.81. The molecule has 19 heavy (non-hydrogen) atoms. The SMILES string of the molecule is CC[C@H](O)c1ccc(N(C)Cc2csc(Br)c2)cc1. The molecule has 0 bridgehead atoms. The van der Waals surface area contributed by atoms with E-state index in [4.69, 9.17) is 0 Å². The number of aliphatic hydroxyl groups is 1. The molecule has 0 aliphatic rings. The summed E-state index contributed by atoms with van der Waals surface area (Å²) in [7, 11) is 2.08. The molecule has 1 atom stereocenters. The Labute approximate surface area is 126 Å². The molecule has 0 unspecified atom stereocenters. The molecule has 102 valence electrons. The summed E-state index contributed by atoms with van der Waals surface area (Å²) in [6, 6.07) is 10.3. The quantitative estimate of drug-likeness (QED) is 0.860. The third-order valence-electron chi connectivity index (χ3n) is 3.15. The van der Waals surface area contributed by atoms with Crippen LogP contribution >= 0.6 is 27.3 Å². The summed E-state index contributed by atoms with van der Waals surface area (Å²) in [6.07, 6.45) is 0.394. The molecule has 1 heterocycles. The Balaban J connectivity index is 2.05. The minimum absolute atomic E-state index is 0.354. The molecule has 0 radical (unpaired) electrons. The number of thiophene rings is 1. The van der Waals surface area contributed by atoms with Crippen molar-refractivity contribution in [2.45, 2.75) is 26.0 Å². The fourth-order valence-electron chi connectivity index (χ4n) is 1.98. The van der Waals surface area contributed by atoms with Crippen molar-refractivity contribution < 1.29 is 5.11 Å². The molecule has 2 aromatic rings. The van der Waals surface area contributed by atoms with Crippen LogP contribution in [0.1, 0.15) is 30.6 Å². The second-order valence-electron chi connectivity index (χ2n) is 4.63. The average Bonchev–Trinajstić information content (AvgIpc) is 2.83. The van der Waals surface area contributed by atoms with Gasteiger partial charge >= 0.3 is 0 Å². The third-order valence-corrected chi connectivity index (χ3v) is 4.70. The smallest absolute Gasteiger partial charge is 0.0787 e. The second-order valence-corrected chi connectivity index (χ2v) is 6.92. The van der Waals surface area contributed by atoms with Gasteiger partial charge in [0.25, 0.3) is 0 Å². The number of anilines is 1. The number of halogens is 1. The molecule has 0 aliphatic heterocycles. The monoisotopic (exact) mass is 339 g/mol.